The predicted molar refractivity (Wildman–Crippen MR) is 70.0 cm³/mol. The van der Waals surface area contributed by atoms with Gasteiger partial charge in [0.15, 0.2) is 6.10 Å². The summed E-state index contributed by atoms with van der Waals surface area (Å²) in [6.45, 7) is 3.11. The minimum atomic E-state index is -1.01. The second kappa shape index (κ2) is 4.93. The first kappa shape index (κ1) is 13.4. The van der Waals surface area contributed by atoms with Gasteiger partial charge in [0.2, 0.25) is 5.76 Å². The van der Waals surface area contributed by atoms with E-state index < -0.39 is 18.0 Å². The summed E-state index contributed by atoms with van der Waals surface area (Å²) < 4.78 is 10.3. The topological polar surface area (TPSA) is 82.5 Å². The van der Waals surface area contributed by atoms with Gasteiger partial charge in [-0.05, 0) is 32.0 Å². The van der Waals surface area contributed by atoms with Gasteiger partial charge >= 0.3 is 5.97 Å². The number of nitrogens with two attached hydrogens (primary N) is 1. The number of rotatable bonds is 3. The smallest absolute Gasteiger partial charge is 0.375 e. The molecule has 0 aliphatic carbocycles. The van der Waals surface area contributed by atoms with Crippen LogP contribution in [0, 0.1) is 6.92 Å². The fourth-order valence-electron chi connectivity index (χ4n) is 1.66. The first-order valence-electron chi connectivity index (χ1n) is 5.59. The molecule has 0 aliphatic heterocycles. The van der Waals surface area contributed by atoms with Crippen LogP contribution in [0.3, 0.4) is 0 Å². The van der Waals surface area contributed by atoms with Crippen molar-refractivity contribution in [2.45, 2.75) is 20.0 Å². The molecule has 2 rings (SSSR count). The Morgan fingerprint density at radius 2 is 2.11 bits per heavy atom. The molecule has 1 amide bonds. The fourth-order valence-corrected chi connectivity index (χ4v) is 1.83. The van der Waals surface area contributed by atoms with E-state index in [1.54, 1.807) is 25.1 Å². The molecule has 0 saturated heterocycles. The molecular weight excluding hydrogens is 270 g/mol. The number of primary amides is 1. The van der Waals surface area contributed by atoms with Crippen LogP contribution >= 0.6 is 11.6 Å². The number of amides is 1. The van der Waals surface area contributed by atoms with Crippen LogP contribution in [0.1, 0.15) is 23.0 Å². The number of carbonyl (C=O) groups excluding carboxylic acids is 2. The molecule has 0 fully saturated rings. The number of hydrogen-bond acceptors (Lipinski definition) is 4. The molecule has 0 radical (unpaired) electrons. The number of hydrogen-bond donors (Lipinski definition) is 1. The number of halogens is 1. The molecule has 100 valence electrons. The average molecular weight is 282 g/mol. The molecule has 1 atom stereocenters. The normalized spacial score (nSPS) is 12.4. The average Bonchev–Trinajstić information content (AvgIpc) is 2.66. The van der Waals surface area contributed by atoms with Crippen LogP contribution in [-0.2, 0) is 9.53 Å². The van der Waals surface area contributed by atoms with Crippen molar-refractivity contribution in [2.75, 3.05) is 0 Å². The van der Waals surface area contributed by atoms with Gasteiger partial charge in [0.1, 0.15) is 5.58 Å². The monoisotopic (exact) mass is 281 g/mol. The Morgan fingerprint density at radius 3 is 2.74 bits per heavy atom. The number of esters is 1. The van der Waals surface area contributed by atoms with E-state index in [-0.39, 0.29) is 5.76 Å². The molecule has 1 heterocycles. The molecule has 0 saturated carbocycles. The molecule has 5 nitrogen and oxygen atoms in total. The first-order valence-corrected chi connectivity index (χ1v) is 5.97. The van der Waals surface area contributed by atoms with Gasteiger partial charge in [0.25, 0.3) is 5.91 Å². The lowest BCUT2D eigenvalue weighted by atomic mass is 10.1. The first-order chi connectivity index (χ1) is 8.90. The van der Waals surface area contributed by atoms with Crippen LogP contribution in [0.4, 0.5) is 0 Å². The second-order valence-corrected chi connectivity index (χ2v) is 4.58. The minimum absolute atomic E-state index is 0.0466. The van der Waals surface area contributed by atoms with Gasteiger partial charge in [0.05, 0.1) is 0 Å². The van der Waals surface area contributed by atoms with Crippen LogP contribution < -0.4 is 5.73 Å². The lowest BCUT2D eigenvalue weighted by molar-refractivity contribution is -0.125. The van der Waals surface area contributed by atoms with E-state index in [1.807, 2.05) is 0 Å². The lowest BCUT2D eigenvalue weighted by Crippen LogP contribution is -2.30. The third-order valence-electron chi connectivity index (χ3n) is 2.77. The Labute approximate surface area is 114 Å². The zero-order chi connectivity index (χ0) is 14.2. The van der Waals surface area contributed by atoms with Crippen molar-refractivity contribution in [2.24, 2.45) is 5.73 Å². The van der Waals surface area contributed by atoms with Crippen molar-refractivity contribution in [3.63, 3.8) is 0 Å². The van der Waals surface area contributed by atoms with Crippen LogP contribution in [0.2, 0.25) is 5.02 Å². The summed E-state index contributed by atoms with van der Waals surface area (Å²) in [5.41, 5.74) is 6.17. The highest BCUT2D eigenvalue weighted by Crippen LogP contribution is 2.28. The van der Waals surface area contributed by atoms with Crippen LogP contribution in [0.5, 0.6) is 0 Å². The quantitative estimate of drug-likeness (QED) is 0.876. The Balaban J connectivity index is 2.37. The molecule has 2 aromatic rings. The van der Waals surface area contributed by atoms with E-state index in [9.17, 15) is 9.59 Å². The second-order valence-electron chi connectivity index (χ2n) is 4.15. The van der Waals surface area contributed by atoms with E-state index in [1.165, 1.54) is 6.92 Å². The summed E-state index contributed by atoms with van der Waals surface area (Å²) in [4.78, 5) is 22.7. The maximum absolute atomic E-state index is 11.9. The fraction of sp³-hybridized carbons (Fsp3) is 0.231. The summed E-state index contributed by atoms with van der Waals surface area (Å²) in [6, 6.07) is 5.02. The summed E-state index contributed by atoms with van der Waals surface area (Å²) in [5, 5.41) is 1.27. The van der Waals surface area contributed by atoms with Crippen molar-refractivity contribution in [3.05, 3.63) is 34.5 Å². The number of ether oxygens (including phenoxy) is 1. The van der Waals surface area contributed by atoms with Gasteiger partial charge in [0, 0.05) is 16.0 Å². The molecule has 6 heteroatoms. The zero-order valence-corrected chi connectivity index (χ0v) is 11.2. The van der Waals surface area contributed by atoms with Crippen LogP contribution in [0.25, 0.3) is 11.0 Å². The number of fused-ring (bicyclic) bond motifs is 1. The van der Waals surface area contributed by atoms with Gasteiger partial charge in [-0.2, -0.15) is 0 Å². The standard InChI is InChI=1S/C13H12ClNO4/c1-6-9-5-8(14)3-4-10(9)19-11(6)13(17)18-7(2)12(15)16/h3-5,7H,1-2H3,(H2,15,16). The van der Waals surface area contributed by atoms with Gasteiger partial charge in [-0.25, -0.2) is 4.79 Å². The molecule has 0 aliphatic rings. The summed E-state index contributed by atoms with van der Waals surface area (Å²) in [7, 11) is 0. The number of carbonyl (C=O) groups is 2. The molecular formula is C13H12ClNO4. The molecule has 0 spiro atoms. The molecule has 0 bridgehead atoms. The van der Waals surface area contributed by atoms with Crippen LogP contribution in [-0.4, -0.2) is 18.0 Å². The number of benzene rings is 1. The van der Waals surface area contributed by atoms with E-state index in [0.717, 1.165) is 5.39 Å². The van der Waals surface area contributed by atoms with Gasteiger partial charge in [-0.15, -0.1) is 0 Å². The highest BCUT2D eigenvalue weighted by Gasteiger charge is 2.22. The third-order valence-corrected chi connectivity index (χ3v) is 3.00. The summed E-state index contributed by atoms with van der Waals surface area (Å²) in [6.07, 6.45) is -1.01. The van der Waals surface area contributed by atoms with Crippen molar-refractivity contribution in [3.8, 4) is 0 Å². The molecule has 2 N–H and O–H groups in total. The molecule has 1 aromatic carbocycles. The van der Waals surface area contributed by atoms with Crippen molar-refractivity contribution in [1.29, 1.82) is 0 Å². The molecule has 1 aromatic heterocycles. The van der Waals surface area contributed by atoms with E-state index in [4.69, 9.17) is 26.5 Å². The SMILES string of the molecule is Cc1c(C(=O)OC(C)C(N)=O)oc2ccc(Cl)cc12. The Bertz CT molecular complexity index is 662. The highest BCUT2D eigenvalue weighted by atomic mass is 35.5. The number of aryl methyl sites for hydroxylation is 1. The third kappa shape index (κ3) is 2.56. The largest absolute Gasteiger partial charge is 0.449 e. The van der Waals surface area contributed by atoms with Gasteiger partial charge in [-0.1, -0.05) is 11.6 Å². The molecule has 19 heavy (non-hydrogen) atoms. The van der Waals surface area contributed by atoms with Crippen molar-refractivity contribution >= 4 is 34.4 Å². The summed E-state index contributed by atoms with van der Waals surface area (Å²) in [5.74, 6) is -1.40. The van der Waals surface area contributed by atoms with Crippen molar-refractivity contribution in [1.82, 2.24) is 0 Å². The maximum atomic E-state index is 11.9. The predicted octanol–water partition coefficient (Wildman–Crippen LogP) is 2.43. The van der Waals surface area contributed by atoms with Gasteiger partial charge in [-0.3, -0.25) is 4.79 Å². The van der Waals surface area contributed by atoms with Crippen molar-refractivity contribution < 1.29 is 18.7 Å². The minimum Gasteiger partial charge on any atom is -0.449 e. The lowest BCUT2D eigenvalue weighted by Gasteiger charge is -2.07. The Morgan fingerprint density at radius 1 is 1.42 bits per heavy atom. The van der Waals surface area contributed by atoms with E-state index >= 15 is 0 Å². The Kier molecular flexibility index (Phi) is 3.48. The van der Waals surface area contributed by atoms with Crippen LogP contribution in [0.15, 0.2) is 22.6 Å². The number of furan rings is 1. The summed E-state index contributed by atoms with van der Waals surface area (Å²) >= 11 is 5.89. The van der Waals surface area contributed by atoms with Gasteiger partial charge < -0.3 is 14.9 Å². The van der Waals surface area contributed by atoms with E-state index in [0.29, 0.717) is 16.2 Å². The maximum Gasteiger partial charge on any atom is 0.375 e. The zero-order valence-electron chi connectivity index (χ0n) is 10.4. The van der Waals surface area contributed by atoms with E-state index in [2.05, 4.69) is 0 Å². The highest BCUT2D eigenvalue weighted by molar-refractivity contribution is 6.31. The molecule has 1 unspecified atom stereocenters. The Hall–Kier alpha value is -2.01.